The molecule has 0 aliphatic carbocycles. The van der Waals surface area contributed by atoms with Crippen LogP contribution in [0.3, 0.4) is 0 Å². The second-order valence-corrected chi connectivity index (χ2v) is 7.68. The van der Waals surface area contributed by atoms with E-state index >= 15 is 0 Å². The molecule has 4 rings (SSSR count). The van der Waals surface area contributed by atoms with Gasteiger partial charge in [-0.25, -0.2) is 4.98 Å². The van der Waals surface area contributed by atoms with Gasteiger partial charge in [-0.05, 0) is 17.2 Å². The highest BCUT2D eigenvalue weighted by Gasteiger charge is 2.27. The Morgan fingerprint density at radius 3 is 2.73 bits per heavy atom. The van der Waals surface area contributed by atoms with E-state index in [2.05, 4.69) is 31.6 Å². The first-order valence-electron chi connectivity index (χ1n) is 9.39. The van der Waals surface area contributed by atoms with Crippen LogP contribution in [-0.4, -0.2) is 47.0 Å². The number of hydrogen-bond donors (Lipinski definition) is 2. The summed E-state index contributed by atoms with van der Waals surface area (Å²) < 4.78 is 0. The van der Waals surface area contributed by atoms with Crippen molar-refractivity contribution in [2.75, 3.05) is 26.2 Å². The Morgan fingerprint density at radius 1 is 1.20 bits per heavy atom. The molecular weight excluding hydrogens is 441 g/mol. The molecule has 0 saturated carbocycles. The maximum atomic E-state index is 13.0. The van der Waals surface area contributed by atoms with E-state index in [-0.39, 0.29) is 42.8 Å². The lowest BCUT2D eigenvalue weighted by atomic mass is 10.0. The van der Waals surface area contributed by atoms with Crippen molar-refractivity contribution in [3.05, 3.63) is 82.6 Å². The summed E-state index contributed by atoms with van der Waals surface area (Å²) in [6.07, 6.45) is 5.43. The van der Waals surface area contributed by atoms with Crippen molar-refractivity contribution in [1.29, 1.82) is 0 Å². The van der Waals surface area contributed by atoms with Crippen molar-refractivity contribution in [2.24, 2.45) is 0 Å². The summed E-state index contributed by atoms with van der Waals surface area (Å²) in [6.45, 7) is 2.85. The first-order chi connectivity index (χ1) is 13.8. The summed E-state index contributed by atoms with van der Waals surface area (Å²) in [4.78, 5) is 23.8. The molecule has 0 spiro atoms. The van der Waals surface area contributed by atoms with Crippen LogP contribution in [0.5, 0.6) is 0 Å². The number of carbonyl (C=O) groups is 1. The molecular formula is C21H25Cl2N5OS. The average molecular weight is 466 g/mol. The van der Waals surface area contributed by atoms with Crippen LogP contribution in [0.25, 0.3) is 0 Å². The van der Waals surface area contributed by atoms with Crippen LogP contribution in [0, 0.1) is 0 Å². The highest BCUT2D eigenvalue weighted by atomic mass is 35.5. The molecule has 1 amide bonds. The van der Waals surface area contributed by atoms with Crippen LogP contribution < -0.4 is 10.6 Å². The maximum Gasteiger partial charge on any atom is 0.235 e. The molecule has 1 saturated heterocycles. The summed E-state index contributed by atoms with van der Waals surface area (Å²) >= 11 is 1.55. The van der Waals surface area contributed by atoms with E-state index in [1.807, 2.05) is 48.0 Å². The number of thiazole rings is 1. The number of amides is 1. The summed E-state index contributed by atoms with van der Waals surface area (Å²) in [5.41, 5.74) is 2.16. The Balaban J connectivity index is 0.00000160. The van der Waals surface area contributed by atoms with Crippen LogP contribution in [0.2, 0.25) is 0 Å². The first kappa shape index (κ1) is 24.2. The molecule has 160 valence electrons. The lowest BCUT2D eigenvalue weighted by molar-refractivity contribution is -0.123. The molecule has 3 aromatic rings. The number of pyridine rings is 1. The van der Waals surface area contributed by atoms with Crippen molar-refractivity contribution < 1.29 is 4.79 Å². The molecule has 30 heavy (non-hydrogen) atoms. The monoisotopic (exact) mass is 465 g/mol. The van der Waals surface area contributed by atoms with Crippen molar-refractivity contribution in [3.8, 4) is 0 Å². The fraction of sp³-hybridized carbons (Fsp3) is 0.286. The van der Waals surface area contributed by atoms with Gasteiger partial charge in [0.2, 0.25) is 5.91 Å². The normalized spacial score (nSPS) is 17.3. The molecule has 1 fully saturated rings. The van der Waals surface area contributed by atoms with E-state index in [0.29, 0.717) is 6.54 Å². The third-order valence-corrected chi connectivity index (χ3v) is 5.75. The third-order valence-electron chi connectivity index (χ3n) is 4.91. The zero-order chi connectivity index (χ0) is 19.2. The number of piperazine rings is 1. The summed E-state index contributed by atoms with van der Waals surface area (Å²) in [6, 6.07) is 13.9. The molecule has 1 aliphatic heterocycles. The van der Waals surface area contributed by atoms with Crippen molar-refractivity contribution in [2.45, 2.75) is 12.1 Å². The molecule has 2 N–H and O–H groups in total. The van der Waals surface area contributed by atoms with Crippen LogP contribution in [0.1, 0.15) is 28.2 Å². The first-order valence-corrected chi connectivity index (χ1v) is 10.3. The van der Waals surface area contributed by atoms with Gasteiger partial charge in [-0.15, -0.1) is 36.2 Å². The third kappa shape index (κ3) is 6.00. The zero-order valence-electron chi connectivity index (χ0n) is 16.3. The Bertz CT molecular complexity index is 883. The van der Waals surface area contributed by atoms with Gasteiger partial charge in [0.15, 0.2) is 0 Å². The fourth-order valence-electron chi connectivity index (χ4n) is 3.54. The van der Waals surface area contributed by atoms with Gasteiger partial charge in [0.25, 0.3) is 0 Å². The van der Waals surface area contributed by atoms with Crippen molar-refractivity contribution in [3.63, 3.8) is 0 Å². The number of halogens is 2. The Labute approximate surface area is 193 Å². The number of nitrogens with zero attached hydrogens (tertiary/aromatic N) is 3. The lowest BCUT2D eigenvalue weighted by Crippen LogP contribution is -2.49. The van der Waals surface area contributed by atoms with E-state index in [1.54, 1.807) is 23.7 Å². The Kier molecular flexibility index (Phi) is 9.68. The number of rotatable bonds is 6. The number of aromatic nitrogens is 2. The number of nitrogens with one attached hydrogen (secondary N) is 2. The van der Waals surface area contributed by atoms with Gasteiger partial charge in [-0.3, -0.25) is 14.7 Å². The van der Waals surface area contributed by atoms with E-state index in [9.17, 15) is 4.79 Å². The smallest absolute Gasteiger partial charge is 0.235 e. The number of benzene rings is 1. The molecule has 1 aromatic carbocycles. The maximum absolute atomic E-state index is 13.0. The van der Waals surface area contributed by atoms with Crippen LogP contribution in [-0.2, 0) is 4.79 Å². The number of carbonyl (C=O) groups excluding carboxylic acids is 1. The van der Waals surface area contributed by atoms with Gasteiger partial charge >= 0.3 is 0 Å². The van der Waals surface area contributed by atoms with Gasteiger partial charge in [-0.1, -0.05) is 36.4 Å². The molecule has 2 unspecified atom stereocenters. The molecule has 0 radical (unpaired) electrons. The molecule has 2 aromatic heterocycles. The summed E-state index contributed by atoms with van der Waals surface area (Å²) in [5.74, 6) is -0.000145. The Morgan fingerprint density at radius 2 is 2.03 bits per heavy atom. The Hall–Kier alpha value is -2.03. The summed E-state index contributed by atoms with van der Waals surface area (Å²) in [7, 11) is 0. The molecule has 6 nitrogen and oxygen atoms in total. The highest BCUT2D eigenvalue weighted by molar-refractivity contribution is 7.09. The van der Waals surface area contributed by atoms with Crippen molar-refractivity contribution >= 4 is 42.1 Å². The SMILES string of the molecule is Cl.Cl.O=C(CN1CCNCC1c1cccnc1)NC(c1ccccc1)c1nccs1. The van der Waals surface area contributed by atoms with Crippen molar-refractivity contribution in [1.82, 2.24) is 25.5 Å². The zero-order valence-corrected chi connectivity index (χ0v) is 18.8. The van der Waals surface area contributed by atoms with Gasteiger partial charge in [0.05, 0.1) is 6.54 Å². The number of hydrogen-bond acceptors (Lipinski definition) is 6. The van der Waals surface area contributed by atoms with Gasteiger partial charge in [-0.2, -0.15) is 0 Å². The van der Waals surface area contributed by atoms with Crippen LogP contribution in [0.15, 0.2) is 66.4 Å². The molecule has 1 aliphatic rings. The topological polar surface area (TPSA) is 70.2 Å². The van der Waals surface area contributed by atoms with Crippen LogP contribution in [0.4, 0.5) is 0 Å². The van der Waals surface area contributed by atoms with Crippen LogP contribution >= 0.6 is 36.2 Å². The second kappa shape index (κ2) is 12.0. The molecule has 2 atom stereocenters. The molecule has 0 bridgehead atoms. The van der Waals surface area contributed by atoms with Gasteiger partial charge in [0.1, 0.15) is 11.0 Å². The lowest BCUT2D eigenvalue weighted by Gasteiger charge is -2.36. The predicted molar refractivity (Wildman–Crippen MR) is 124 cm³/mol. The van der Waals surface area contributed by atoms with E-state index in [1.165, 1.54) is 0 Å². The minimum atomic E-state index is -0.228. The molecule has 3 heterocycles. The van der Waals surface area contributed by atoms with Gasteiger partial charge in [0, 0.05) is 49.6 Å². The predicted octanol–water partition coefficient (Wildman–Crippen LogP) is 3.23. The highest BCUT2D eigenvalue weighted by Crippen LogP contribution is 2.25. The van der Waals surface area contributed by atoms with Gasteiger partial charge < -0.3 is 10.6 Å². The minimum Gasteiger partial charge on any atom is -0.342 e. The summed E-state index contributed by atoms with van der Waals surface area (Å²) in [5, 5.41) is 9.43. The average Bonchev–Trinajstić information content (AvgIpc) is 3.28. The fourth-order valence-corrected chi connectivity index (χ4v) is 4.25. The quantitative estimate of drug-likeness (QED) is 0.584. The molecule has 9 heteroatoms. The van der Waals surface area contributed by atoms with E-state index in [4.69, 9.17) is 0 Å². The standard InChI is InChI=1S/C21H23N5OS.2ClH/c27-19(15-26-11-9-23-14-18(26)17-7-4-8-22-13-17)25-20(21-24-10-12-28-21)16-5-2-1-3-6-16;;/h1-8,10,12-13,18,20,23H,9,11,14-15H2,(H,25,27);2*1H. The largest absolute Gasteiger partial charge is 0.342 e. The second-order valence-electron chi connectivity index (χ2n) is 6.76. The van der Waals surface area contributed by atoms with E-state index < -0.39 is 0 Å². The van der Waals surface area contributed by atoms with E-state index in [0.717, 1.165) is 35.8 Å². The minimum absolute atomic E-state index is 0.